The van der Waals surface area contributed by atoms with Crippen molar-refractivity contribution in [3.05, 3.63) is 361 Å². The van der Waals surface area contributed by atoms with Crippen molar-refractivity contribution in [3.8, 4) is 28.7 Å². The molecule has 0 spiro atoms. The maximum atomic E-state index is 13.1. The summed E-state index contributed by atoms with van der Waals surface area (Å²) in [6.45, 7) is 2.50. The fourth-order valence-electron chi connectivity index (χ4n) is 8.08. The van der Waals surface area contributed by atoms with E-state index in [0.29, 0.717) is 52.3 Å². The molecule has 2 N–H and O–H groups in total. The fraction of sp³-hybridized carbons (Fsp3) is 0.0822. The quantitative estimate of drug-likeness (QED) is 0.0800. The van der Waals surface area contributed by atoms with Crippen LogP contribution in [-0.4, -0.2) is 34.1 Å². The minimum atomic E-state index is -0.786. The molecule has 23 nitrogen and oxygen atoms in total. The third-order valence-electron chi connectivity index (χ3n) is 13.0. The van der Waals surface area contributed by atoms with Gasteiger partial charge in [-0.25, -0.2) is 8.78 Å². The number of rotatable bonds is 17. The summed E-state index contributed by atoms with van der Waals surface area (Å²) in [5, 5.41) is 18.4. The van der Waals surface area contributed by atoms with E-state index < -0.39 is 39.4 Å². The van der Waals surface area contributed by atoms with Crippen molar-refractivity contribution < 1.29 is 92.9 Å². The number of carbonyl (C=O) groups is 2. The fourth-order valence-corrected chi connectivity index (χ4v) is 9.52. The number of furan rings is 2. The molecule has 0 unspecified atom stereocenters. The molecule has 7 aromatic heterocycles. The van der Waals surface area contributed by atoms with Crippen molar-refractivity contribution in [1.29, 1.82) is 0 Å². The van der Waals surface area contributed by atoms with Crippen LogP contribution in [0.15, 0.2) is 285 Å². The minimum absolute atomic E-state index is 0.00662. The van der Waals surface area contributed by atoms with Gasteiger partial charge in [0.1, 0.15) is 115 Å². The van der Waals surface area contributed by atoms with Gasteiger partial charge >= 0.3 is 12.3 Å². The van der Waals surface area contributed by atoms with Gasteiger partial charge in [-0.15, -0.1) is 0 Å². The van der Waals surface area contributed by atoms with E-state index in [9.17, 15) is 47.4 Å². The molecule has 103 heavy (non-hydrogen) atoms. The topological polar surface area (TPSA) is 348 Å². The number of aromatic hydroxyl groups is 2. The molecule has 528 valence electrons. The zero-order valence-electron chi connectivity index (χ0n) is 52.8. The third-order valence-corrected chi connectivity index (χ3v) is 15.7. The number of hydrogen-bond donors (Lipinski definition) is 2. The zero-order valence-corrected chi connectivity index (χ0v) is 60.7. The Morgan fingerprint density at radius 3 is 1.22 bits per heavy atom. The molecule has 0 aliphatic heterocycles. The Morgan fingerprint density at radius 1 is 0.408 bits per heavy atom. The summed E-state index contributed by atoms with van der Waals surface area (Å²) in [6.07, 6.45) is 9.61. The molecule has 0 saturated heterocycles. The van der Waals surface area contributed by atoms with E-state index >= 15 is 0 Å². The smallest absolute Gasteiger partial charge is 0.373 e. The van der Waals surface area contributed by atoms with E-state index in [-0.39, 0.29) is 95.1 Å². The van der Waals surface area contributed by atoms with Crippen LogP contribution in [0, 0.1) is 18.6 Å². The van der Waals surface area contributed by atoms with Crippen molar-refractivity contribution in [2.75, 3.05) is 0 Å². The monoisotopic (exact) mass is 1730 g/mol. The predicted octanol–water partition coefficient (Wildman–Crippen LogP) is 15.4. The summed E-state index contributed by atoms with van der Waals surface area (Å²) >= 11 is 15.1. The van der Waals surface area contributed by atoms with Crippen LogP contribution in [-0.2, 0) is 51.8 Å². The highest BCUT2D eigenvalue weighted by Crippen LogP contribution is 2.26. The lowest BCUT2D eigenvalue weighted by Crippen LogP contribution is -2.14. The minimum Gasteiger partial charge on any atom is -0.502 e. The van der Waals surface area contributed by atoms with Crippen molar-refractivity contribution in [3.63, 3.8) is 0 Å². The highest BCUT2D eigenvalue weighted by atomic mass is 79.9. The van der Waals surface area contributed by atoms with Gasteiger partial charge < -0.3 is 55.3 Å². The summed E-state index contributed by atoms with van der Waals surface area (Å²) in [7, 11) is 0. The molecule has 7 heterocycles. The van der Waals surface area contributed by atoms with E-state index in [2.05, 4.69) is 84.1 Å². The summed E-state index contributed by atoms with van der Waals surface area (Å²) < 4.78 is 79.7. The van der Waals surface area contributed by atoms with Gasteiger partial charge in [0.2, 0.25) is 61.7 Å². The Morgan fingerprint density at radius 2 is 0.777 bits per heavy atom. The second kappa shape index (κ2) is 41.5. The van der Waals surface area contributed by atoms with Gasteiger partial charge in [0, 0.05) is 12.8 Å². The maximum absolute atomic E-state index is 13.1. The average Bonchev–Trinajstić information content (AvgIpc) is 1.80. The Bertz CT molecular complexity index is 5120. The Kier molecular flexibility index (Phi) is 32.5. The van der Waals surface area contributed by atoms with E-state index in [1.165, 1.54) is 61.5 Å². The van der Waals surface area contributed by atoms with Gasteiger partial charge in [-0.1, -0.05) is 115 Å². The molecule has 30 heteroatoms. The normalized spacial score (nSPS) is 9.98. The second-order valence-corrected chi connectivity index (χ2v) is 24.4. The largest absolute Gasteiger partial charge is 0.502 e. The highest BCUT2D eigenvalue weighted by Gasteiger charge is 2.26. The molecule has 0 saturated carbocycles. The van der Waals surface area contributed by atoms with Crippen molar-refractivity contribution in [1.82, 2.24) is 0 Å². The van der Waals surface area contributed by atoms with Crippen LogP contribution in [0.25, 0.3) is 0 Å². The third kappa shape index (κ3) is 25.1. The molecule has 0 aliphatic carbocycles. The van der Waals surface area contributed by atoms with Crippen molar-refractivity contribution in [2.24, 2.45) is 0 Å². The number of ether oxygens (including phenoxy) is 3. The summed E-state index contributed by atoms with van der Waals surface area (Å²) in [4.78, 5) is 116. The summed E-state index contributed by atoms with van der Waals surface area (Å²) in [5.74, 6) is -2.27. The SMILES string of the molecule is Cc1occ(Br)c(=O)c1OCc1ccccc1.O=C(c1ccc(Cc2ccc(F)cc2)o1)c1occ(Br)c(=O)c1O.O=C(c1ccc(Cc2ccc(F)cc2)o1)c1occ(Br)c(=O)c1OCc1ccccc1.O=C=O.O=C=O.O=c1c(Br)cocc1OCc1ccccc1.O=c1c(O)cocc1Br. The molecule has 5 aromatic carbocycles. The first-order valence-electron chi connectivity index (χ1n) is 29.0. The predicted molar refractivity (Wildman–Crippen MR) is 376 cm³/mol. The highest BCUT2D eigenvalue weighted by molar-refractivity contribution is 9.11. The van der Waals surface area contributed by atoms with Crippen LogP contribution in [0.5, 0.6) is 28.7 Å². The van der Waals surface area contributed by atoms with E-state index in [1.54, 1.807) is 43.3 Å². The van der Waals surface area contributed by atoms with E-state index in [4.69, 9.17) is 65.0 Å². The Hall–Kier alpha value is -11.2. The molecule has 12 rings (SSSR count). The molecule has 0 aliphatic rings. The lowest BCUT2D eigenvalue weighted by atomic mass is 10.1. The number of aryl methyl sites for hydroxylation is 1. The molecular formula is C73H49Br5F2O23. The van der Waals surface area contributed by atoms with Gasteiger partial charge in [0.15, 0.2) is 17.3 Å². The van der Waals surface area contributed by atoms with E-state index in [1.807, 2.05) is 91.0 Å². The Labute approximate surface area is 621 Å². The number of halogens is 7. The first kappa shape index (κ1) is 80.7. The first-order chi connectivity index (χ1) is 49.5. The van der Waals surface area contributed by atoms with E-state index in [0.717, 1.165) is 46.6 Å². The standard InChI is InChI=1S/C24H16BrFO5.C17H10BrFO5.C13H11BrO3.C12H9BrO3.C5H3BrO3.2CO2/c25-19-14-30-24(23(21(19)27)29-13-16-4-2-1-3-5-16)22(28)20-11-10-18(31-20)12-15-6-8-17(26)9-7-15;18-12-8-23-17(16(22)14(12)20)15(21)13-6-5-11(24-13)7-9-1-3-10(19)4-2-9;1-9-13(12(15)11(14)8-16-9)17-7-10-5-3-2-4-6-10;13-10-7-15-8-11(12(10)14)16-6-9-4-2-1-3-5-9;6-3-1-9-2-4(7)5(3)8;2*2-1-3/h1-11,14H,12-13H2;1-6,8,22H,7H2;2-6,8H,7H2,1H3;1-5,7-8H,6H2;1-2,7H;;. The summed E-state index contributed by atoms with van der Waals surface area (Å²) in [5.41, 5.74) is 2.38. The van der Waals surface area contributed by atoms with Crippen LogP contribution >= 0.6 is 79.6 Å². The average molecular weight is 1730 g/mol. The number of carbonyl (C=O) groups excluding carboxylic acids is 6. The van der Waals surface area contributed by atoms with Crippen molar-refractivity contribution in [2.45, 2.75) is 39.6 Å². The molecule has 0 fully saturated rings. The lowest BCUT2D eigenvalue weighted by Gasteiger charge is -2.09. The van der Waals surface area contributed by atoms with Crippen LogP contribution in [0.4, 0.5) is 8.78 Å². The van der Waals surface area contributed by atoms with Gasteiger partial charge in [-0.3, -0.25) is 33.6 Å². The first-order valence-corrected chi connectivity index (χ1v) is 33.0. The summed E-state index contributed by atoms with van der Waals surface area (Å²) in [6, 6.07) is 46.6. The van der Waals surface area contributed by atoms with Gasteiger partial charge in [-0.05, 0) is 163 Å². The lowest BCUT2D eigenvalue weighted by molar-refractivity contribution is -0.193. The molecule has 12 aromatic rings. The van der Waals surface area contributed by atoms with Crippen molar-refractivity contribution >= 4 is 104 Å². The van der Waals surface area contributed by atoms with Gasteiger partial charge in [0.05, 0.1) is 0 Å². The molecule has 0 bridgehead atoms. The van der Waals surface area contributed by atoms with Crippen LogP contribution in [0.1, 0.15) is 77.7 Å². The molecule has 0 atom stereocenters. The number of benzene rings is 5. The molecule has 0 amide bonds. The van der Waals surface area contributed by atoms with Gasteiger partial charge in [0.25, 0.3) is 11.6 Å². The maximum Gasteiger partial charge on any atom is 0.373 e. The Balaban J connectivity index is 0.000000207. The zero-order chi connectivity index (χ0) is 75.0. The number of ketones is 2. The van der Waals surface area contributed by atoms with Gasteiger partial charge in [-0.2, -0.15) is 19.2 Å². The second-order valence-electron chi connectivity index (χ2n) is 20.1. The van der Waals surface area contributed by atoms with Crippen LogP contribution in [0.2, 0.25) is 0 Å². The molecular weight excluding hydrogens is 1680 g/mol. The number of hydrogen-bond acceptors (Lipinski definition) is 23. The van der Waals surface area contributed by atoms with Crippen LogP contribution in [0.3, 0.4) is 0 Å². The van der Waals surface area contributed by atoms with Crippen LogP contribution < -0.4 is 41.4 Å². The molecule has 0 radical (unpaired) electrons.